The Morgan fingerprint density at radius 3 is 2.50 bits per heavy atom. The molecule has 1 saturated heterocycles. The summed E-state index contributed by atoms with van der Waals surface area (Å²) in [4.78, 5) is 2.24. The van der Waals surface area contributed by atoms with Crippen LogP contribution in [0, 0.1) is 13.8 Å². The zero-order valence-electron chi connectivity index (χ0n) is 13.9. The number of hydrogen-bond donors (Lipinski definition) is 1. The quantitative estimate of drug-likeness (QED) is 0.765. The van der Waals surface area contributed by atoms with Crippen molar-refractivity contribution in [2.45, 2.75) is 46.0 Å². The Bertz CT molecular complexity index is 459. The molecule has 1 fully saturated rings. The molecule has 22 heavy (non-hydrogen) atoms. The fraction of sp³-hybridized carbons (Fsp3) is 0.647. The lowest BCUT2D eigenvalue weighted by atomic mass is 10.1. The molecule has 1 aliphatic rings. The first-order valence-corrected chi connectivity index (χ1v) is 7.70. The van der Waals surface area contributed by atoms with Crippen LogP contribution < -0.4 is 17.1 Å². The van der Waals surface area contributed by atoms with Crippen molar-refractivity contribution in [3.05, 3.63) is 29.3 Å². The smallest absolute Gasteiger partial charge is 0.122 e. The van der Waals surface area contributed by atoms with Gasteiger partial charge in [-0.25, -0.2) is 0 Å². The molecule has 4 nitrogen and oxygen atoms in total. The van der Waals surface area contributed by atoms with Crippen LogP contribution in [-0.4, -0.2) is 54.6 Å². The molecule has 0 aliphatic carbocycles. The van der Waals surface area contributed by atoms with Gasteiger partial charge in [-0.3, -0.25) is 4.90 Å². The Kier molecular flexibility index (Phi) is 7.63. The zero-order chi connectivity index (χ0) is 15.4. The molecule has 1 aromatic rings. The number of benzene rings is 1. The second kappa shape index (κ2) is 8.73. The van der Waals surface area contributed by atoms with Crippen molar-refractivity contribution in [1.29, 1.82) is 0 Å². The van der Waals surface area contributed by atoms with E-state index in [1.165, 1.54) is 5.56 Å². The summed E-state index contributed by atoms with van der Waals surface area (Å²) >= 11 is 0. The number of rotatable bonds is 5. The van der Waals surface area contributed by atoms with E-state index in [9.17, 15) is 5.11 Å². The Labute approximate surface area is 139 Å². The molecule has 1 heterocycles. The van der Waals surface area contributed by atoms with Gasteiger partial charge in [0.25, 0.3) is 0 Å². The summed E-state index contributed by atoms with van der Waals surface area (Å²) in [6.07, 6.45) is -0.0365. The number of aliphatic hydroxyl groups is 1. The summed E-state index contributed by atoms with van der Waals surface area (Å²) in [5.41, 5.74) is 2.33. The minimum Gasteiger partial charge on any atom is -1.00 e. The van der Waals surface area contributed by atoms with Crippen molar-refractivity contribution in [2.24, 2.45) is 0 Å². The molecule has 3 atom stereocenters. The number of β-amino-alcohol motifs (C(OH)–C–C–N with tert-alkyl or cyclic N) is 1. The van der Waals surface area contributed by atoms with Gasteiger partial charge in [-0.15, -0.1) is 0 Å². The van der Waals surface area contributed by atoms with Gasteiger partial charge in [-0.1, -0.05) is 17.7 Å². The maximum absolute atomic E-state index is 10.2. The summed E-state index contributed by atoms with van der Waals surface area (Å²) in [6.45, 7) is 10.9. The average Bonchev–Trinajstić information content (AvgIpc) is 2.36. The fourth-order valence-electron chi connectivity index (χ4n) is 2.93. The van der Waals surface area contributed by atoms with E-state index in [1.54, 1.807) is 0 Å². The van der Waals surface area contributed by atoms with Gasteiger partial charge >= 0.3 is 0 Å². The molecule has 0 spiro atoms. The van der Waals surface area contributed by atoms with Gasteiger partial charge < -0.3 is 27.0 Å². The first-order chi connectivity index (χ1) is 9.94. The molecular weight excluding hydrogens is 302 g/mol. The van der Waals surface area contributed by atoms with E-state index in [0.717, 1.165) is 24.4 Å². The fourth-order valence-corrected chi connectivity index (χ4v) is 2.93. The van der Waals surface area contributed by atoms with Gasteiger partial charge in [-0.05, 0) is 39.3 Å². The summed E-state index contributed by atoms with van der Waals surface area (Å²) < 4.78 is 11.4. The molecule has 3 unspecified atom stereocenters. The van der Waals surface area contributed by atoms with Gasteiger partial charge in [0.1, 0.15) is 18.5 Å². The Morgan fingerprint density at radius 2 is 1.91 bits per heavy atom. The molecule has 2 rings (SSSR count). The van der Waals surface area contributed by atoms with Crippen LogP contribution in [0.3, 0.4) is 0 Å². The molecular formula is C17H27ClNO3-. The van der Waals surface area contributed by atoms with Gasteiger partial charge in [0.2, 0.25) is 0 Å². The predicted octanol–water partition coefficient (Wildman–Crippen LogP) is -0.844. The lowest BCUT2D eigenvalue weighted by Crippen LogP contribution is -3.00. The van der Waals surface area contributed by atoms with Crippen LogP contribution in [-0.2, 0) is 4.74 Å². The number of morpholine rings is 1. The molecule has 1 N–H and O–H groups in total. The van der Waals surface area contributed by atoms with Crippen LogP contribution in [0.25, 0.3) is 0 Å². The number of nitrogens with zero attached hydrogens (tertiary/aromatic N) is 1. The average molecular weight is 329 g/mol. The number of aryl methyl sites for hydroxylation is 2. The minimum atomic E-state index is -0.483. The van der Waals surface area contributed by atoms with Crippen molar-refractivity contribution in [3.8, 4) is 5.75 Å². The normalized spacial score (nSPS) is 23.7. The summed E-state index contributed by atoms with van der Waals surface area (Å²) in [5.74, 6) is 0.850. The maximum Gasteiger partial charge on any atom is 0.122 e. The van der Waals surface area contributed by atoms with E-state index in [0.29, 0.717) is 13.2 Å². The molecule has 126 valence electrons. The third-order valence-corrected chi connectivity index (χ3v) is 3.73. The first kappa shape index (κ1) is 19.2. The first-order valence-electron chi connectivity index (χ1n) is 7.70. The van der Waals surface area contributed by atoms with Crippen LogP contribution in [0.4, 0.5) is 0 Å². The van der Waals surface area contributed by atoms with Crippen molar-refractivity contribution >= 4 is 0 Å². The molecule has 0 amide bonds. The summed E-state index contributed by atoms with van der Waals surface area (Å²) in [6, 6.07) is 6.09. The van der Waals surface area contributed by atoms with Crippen molar-refractivity contribution in [3.63, 3.8) is 0 Å². The summed E-state index contributed by atoms with van der Waals surface area (Å²) in [5, 5.41) is 10.2. The molecule has 0 aromatic heterocycles. The van der Waals surface area contributed by atoms with Gasteiger partial charge in [0, 0.05) is 19.6 Å². The van der Waals surface area contributed by atoms with Crippen molar-refractivity contribution < 1.29 is 27.0 Å². The predicted molar refractivity (Wildman–Crippen MR) is 83.9 cm³/mol. The standard InChI is InChI=1S/C17H27NO3.ClH/c1-12-5-6-17(13(2)7-12)20-11-16(19)10-18-8-14(3)21-15(4)9-18;/h5-7,14-16,19H,8-11H2,1-4H3;1H/p-1. The second-order valence-corrected chi connectivity index (χ2v) is 6.21. The highest BCUT2D eigenvalue weighted by Crippen LogP contribution is 2.19. The van der Waals surface area contributed by atoms with E-state index in [4.69, 9.17) is 9.47 Å². The number of hydrogen-bond acceptors (Lipinski definition) is 4. The van der Waals surface area contributed by atoms with E-state index >= 15 is 0 Å². The van der Waals surface area contributed by atoms with Crippen molar-refractivity contribution in [1.82, 2.24) is 4.90 Å². The van der Waals surface area contributed by atoms with Crippen LogP contribution in [0.1, 0.15) is 25.0 Å². The van der Waals surface area contributed by atoms with Gasteiger partial charge in [0.15, 0.2) is 0 Å². The largest absolute Gasteiger partial charge is 1.00 e. The molecule has 1 aromatic carbocycles. The second-order valence-electron chi connectivity index (χ2n) is 6.21. The van der Waals surface area contributed by atoms with Crippen molar-refractivity contribution in [2.75, 3.05) is 26.2 Å². The number of halogens is 1. The SMILES string of the molecule is Cc1ccc(OCC(O)CN2CC(C)OC(C)C2)c(C)c1.[Cl-]. The monoisotopic (exact) mass is 328 g/mol. The highest BCUT2D eigenvalue weighted by atomic mass is 35.5. The van der Waals surface area contributed by atoms with Gasteiger partial charge in [0.05, 0.1) is 12.2 Å². The van der Waals surface area contributed by atoms with E-state index in [1.807, 2.05) is 19.1 Å². The number of aliphatic hydroxyl groups excluding tert-OH is 1. The van der Waals surface area contributed by atoms with Gasteiger partial charge in [-0.2, -0.15) is 0 Å². The van der Waals surface area contributed by atoms with Crippen LogP contribution in [0.15, 0.2) is 18.2 Å². The lowest BCUT2D eigenvalue weighted by Gasteiger charge is -2.36. The number of ether oxygens (including phenoxy) is 2. The maximum atomic E-state index is 10.2. The Hall–Kier alpha value is -0.810. The third-order valence-electron chi connectivity index (χ3n) is 3.73. The van der Waals surface area contributed by atoms with E-state index < -0.39 is 6.10 Å². The highest BCUT2D eigenvalue weighted by molar-refractivity contribution is 5.35. The summed E-state index contributed by atoms with van der Waals surface area (Å²) in [7, 11) is 0. The van der Waals surface area contributed by atoms with Crippen LogP contribution >= 0.6 is 0 Å². The lowest BCUT2D eigenvalue weighted by molar-refractivity contribution is -0.0787. The highest BCUT2D eigenvalue weighted by Gasteiger charge is 2.23. The zero-order valence-corrected chi connectivity index (χ0v) is 14.6. The third kappa shape index (κ3) is 5.76. The molecule has 0 bridgehead atoms. The van der Waals surface area contributed by atoms with E-state index in [-0.39, 0.29) is 24.6 Å². The Balaban J connectivity index is 0.00000242. The molecule has 1 aliphatic heterocycles. The van der Waals surface area contributed by atoms with E-state index in [2.05, 4.69) is 31.7 Å². The minimum absolute atomic E-state index is 0. The Morgan fingerprint density at radius 1 is 1.27 bits per heavy atom. The van der Waals surface area contributed by atoms with Crippen LogP contribution in [0.2, 0.25) is 0 Å². The molecule has 0 saturated carbocycles. The molecule has 0 radical (unpaired) electrons. The topological polar surface area (TPSA) is 41.9 Å². The van der Waals surface area contributed by atoms with Crippen LogP contribution in [0.5, 0.6) is 5.75 Å². The molecule has 5 heteroatoms.